The maximum atomic E-state index is 11.9. The first-order chi connectivity index (χ1) is 10.7. The van der Waals surface area contributed by atoms with Crippen molar-refractivity contribution in [3.8, 4) is 11.1 Å². The number of carbonyl (C=O) groups excluding carboxylic acids is 1. The number of amides is 1. The van der Waals surface area contributed by atoms with Gasteiger partial charge in [0.2, 0.25) is 0 Å². The number of rotatable bonds is 2. The summed E-state index contributed by atoms with van der Waals surface area (Å²) in [4.78, 5) is 11.4. The van der Waals surface area contributed by atoms with Gasteiger partial charge in [-0.2, -0.15) is 5.10 Å². The molecule has 3 aromatic rings. The van der Waals surface area contributed by atoms with E-state index < -0.39 is 11.0 Å². The Bertz CT molecular complexity index is 944. The third kappa shape index (κ3) is 1.96. The zero-order valence-corrected chi connectivity index (χ0v) is 12.2. The molecule has 0 saturated heterocycles. The quantitative estimate of drug-likeness (QED) is 0.790. The van der Waals surface area contributed by atoms with Crippen molar-refractivity contribution < 1.29 is 9.00 Å². The summed E-state index contributed by atoms with van der Waals surface area (Å²) in [5, 5.41) is 5.61. The summed E-state index contributed by atoms with van der Waals surface area (Å²) in [5.74, 6) is -0.365. The fourth-order valence-corrected chi connectivity index (χ4v) is 3.44. The fraction of sp³-hybridized carbons (Fsp3) is 0. The Morgan fingerprint density at radius 3 is 2.59 bits per heavy atom. The van der Waals surface area contributed by atoms with Crippen LogP contribution in [0.4, 0.5) is 0 Å². The van der Waals surface area contributed by atoms with E-state index in [1.807, 2.05) is 48.5 Å². The van der Waals surface area contributed by atoms with Crippen LogP contribution in [0.5, 0.6) is 0 Å². The number of aromatic nitrogens is 2. The van der Waals surface area contributed by atoms with E-state index in [1.165, 1.54) is 6.08 Å². The van der Waals surface area contributed by atoms with Gasteiger partial charge in [-0.3, -0.25) is 9.52 Å². The highest BCUT2D eigenvalue weighted by Gasteiger charge is 2.23. The Morgan fingerprint density at radius 2 is 1.86 bits per heavy atom. The third-order valence-corrected chi connectivity index (χ3v) is 4.60. The van der Waals surface area contributed by atoms with Crippen LogP contribution in [-0.2, 0) is 15.8 Å². The molecule has 1 aliphatic heterocycles. The normalized spacial score (nSPS) is 17.5. The Hall–Kier alpha value is -2.73. The van der Waals surface area contributed by atoms with Gasteiger partial charge in [0.05, 0.1) is 11.7 Å². The highest BCUT2D eigenvalue weighted by Crippen LogP contribution is 2.30. The molecule has 1 aromatic heterocycles. The lowest BCUT2D eigenvalue weighted by Gasteiger charge is -2.05. The molecule has 22 heavy (non-hydrogen) atoms. The van der Waals surface area contributed by atoms with Gasteiger partial charge in [0.15, 0.2) is 16.0 Å². The zero-order chi connectivity index (χ0) is 15.1. The van der Waals surface area contributed by atoms with E-state index in [0.717, 1.165) is 22.0 Å². The standard InChI is InChI=1S/C16H11N3O2S/c20-15-9-16(22(21)18-15)19-14-8-4-7-12(13(14)10-17-19)11-5-2-1-3-6-11/h1-10H,(H,18,20). The van der Waals surface area contributed by atoms with Gasteiger partial charge >= 0.3 is 0 Å². The number of carbonyl (C=O) groups is 1. The van der Waals surface area contributed by atoms with Crippen molar-refractivity contribution in [2.45, 2.75) is 0 Å². The molecule has 0 spiro atoms. The molecule has 6 heteroatoms. The summed E-state index contributed by atoms with van der Waals surface area (Å²) in [6.45, 7) is 0. The SMILES string of the molecule is O=C1C=C(n2ncc3c(-c4ccccc4)cccc32)S(=O)N1. The smallest absolute Gasteiger partial charge is 0.258 e. The predicted molar refractivity (Wildman–Crippen MR) is 85.7 cm³/mol. The number of nitrogens with zero attached hydrogens (tertiary/aromatic N) is 2. The number of hydrogen-bond donors (Lipinski definition) is 1. The molecule has 4 rings (SSSR count). The first-order valence-electron chi connectivity index (χ1n) is 6.71. The van der Waals surface area contributed by atoms with Gasteiger partial charge in [0.25, 0.3) is 5.91 Å². The van der Waals surface area contributed by atoms with Crippen LogP contribution in [0.2, 0.25) is 0 Å². The average molecular weight is 309 g/mol. The van der Waals surface area contributed by atoms with Crippen molar-refractivity contribution in [3.63, 3.8) is 0 Å². The molecule has 2 aromatic carbocycles. The lowest BCUT2D eigenvalue weighted by atomic mass is 10.0. The lowest BCUT2D eigenvalue weighted by molar-refractivity contribution is -0.114. The van der Waals surface area contributed by atoms with E-state index in [1.54, 1.807) is 10.9 Å². The minimum Gasteiger partial charge on any atom is -0.269 e. The van der Waals surface area contributed by atoms with Crippen molar-refractivity contribution in [2.75, 3.05) is 0 Å². The van der Waals surface area contributed by atoms with Crippen LogP contribution in [0.15, 0.2) is 60.8 Å². The van der Waals surface area contributed by atoms with Gasteiger partial charge in [0, 0.05) is 11.5 Å². The molecule has 1 unspecified atom stereocenters. The van der Waals surface area contributed by atoms with E-state index in [-0.39, 0.29) is 5.91 Å². The second kappa shape index (κ2) is 4.92. The Labute approximate surface area is 128 Å². The van der Waals surface area contributed by atoms with Crippen molar-refractivity contribution in [1.29, 1.82) is 0 Å². The molecule has 0 bridgehead atoms. The van der Waals surface area contributed by atoms with E-state index in [9.17, 15) is 9.00 Å². The Morgan fingerprint density at radius 1 is 1.05 bits per heavy atom. The van der Waals surface area contributed by atoms with E-state index in [2.05, 4.69) is 9.82 Å². The maximum Gasteiger partial charge on any atom is 0.258 e. The monoisotopic (exact) mass is 309 g/mol. The second-order valence-corrected chi connectivity index (χ2v) is 6.04. The van der Waals surface area contributed by atoms with Crippen molar-refractivity contribution in [3.05, 3.63) is 60.8 Å². The molecule has 5 nitrogen and oxygen atoms in total. The molecule has 1 atom stereocenters. The van der Waals surface area contributed by atoms with Crippen LogP contribution in [0.3, 0.4) is 0 Å². The topological polar surface area (TPSA) is 64.0 Å². The second-order valence-electron chi connectivity index (χ2n) is 4.88. The molecule has 1 aliphatic rings. The molecule has 0 aliphatic carbocycles. The molecule has 0 fully saturated rings. The number of benzene rings is 2. The number of nitrogens with one attached hydrogen (secondary N) is 1. The van der Waals surface area contributed by atoms with Crippen molar-refractivity contribution in [1.82, 2.24) is 14.5 Å². The van der Waals surface area contributed by atoms with Crippen LogP contribution >= 0.6 is 0 Å². The minimum atomic E-state index is -1.57. The minimum absolute atomic E-state index is 0.352. The first kappa shape index (κ1) is 13.0. The molecule has 0 radical (unpaired) electrons. The third-order valence-electron chi connectivity index (χ3n) is 3.54. The number of hydrogen-bond acceptors (Lipinski definition) is 3. The summed E-state index contributed by atoms with van der Waals surface area (Å²) < 4.78 is 15.8. The van der Waals surface area contributed by atoms with E-state index >= 15 is 0 Å². The van der Waals surface area contributed by atoms with Crippen LogP contribution < -0.4 is 4.72 Å². The highest BCUT2D eigenvalue weighted by atomic mass is 32.2. The molecule has 2 heterocycles. The van der Waals surface area contributed by atoms with Crippen molar-refractivity contribution in [2.24, 2.45) is 0 Å². The van der Waals surface area contributed by atoms with Crippen LogP contribution in [0.25, 0.3) is 27.1 Å². The summed E-state index contributed by atoms with van der Waals surface area (Å²) in [5.41, 5.74) is 2.95. The molecule has 1 amide bonds. The van der Waals surface area contributed by atoms with E-state index in [0.29, 0.717) is 5.03 Å². The van der Waals surface area contributed by atoms with Gasteiger partial charge in [-0.25, -0.2) is 8.89 Å². The highest BCUT2D eigenvalue weighted by molar-refractivity contribution is 7.93. The molecule has 1 N–H and O–H groups in total. The van der Waals surface area contributed by atoms with Gasteiger partial charge in [-0.1, -0.05) is 42.5 Å². The van der Waals surface area contributed by atoms with Crippen LogP contribution in [-0.4, -0.2) is 19.9 Å². The summed E-state index contributed by atoms with van der Waals surface area (Å²) in [6.07, 6.45) is 3.05. The Kier molecular flexibility index (Phi) is 2.90. The van der Waals surface area contributed by atoms with Gasteiger partial charge in [-0.15, -0.1) is 0 Å². The Balaban J connectivity index is 1.93. The van der Waals surface area contributed by atoms with Gasteiger partial charge in [0.1, 0.15) is 0 Å². The molecular formula is C16H11N3O2S. The van der Waals surface area contributed by atoms with Crippen molar-refractivity contribution >= 4 is 32.8 Å². The molecule has 0 saturated carbocycles. The summed E-state index contributed by atoms with van der Waals surface area (Å²) in [6, 6.07) is 15.8. The first-order valence-corrected chi connectivity index (χ1v) is 7.86. The number of fused-ring (bicyclic) bond motifs is 1. The van der Waals surface area contributed by atoms with E-state index in [4.69, 9.17) is 0 Å². The summed E-state index contributed by atoms with van der Waals surface area (Å²) >= 11 is 0. The molecule has 108 valence electrons. The van der Waals surface area contributed by atoms with Crippen LogP contribution in [0, 0.1) is 0 Å². The van der Waals surface area contributed by atoms with Crippen LogP contribution in [0.1, 0.15) is 0 Å². The largest absolute Gasteiger partial charge is 0.269 e. The zero-order valence-electron chi connectivity index (χ0n) is 11.4. The fourth-order valence-electron chi connectivity index (χ4n) is 2.57. The maximum absolute atomic E-state index is 11.9. The van der Waals surface area contributed by atoms with Gasteiger partial charge in [-0.05, 0) is 17.2 Å². The summed E-state index contributed by atoms with van der Waals surface area (Å²) in [7, 11) is -1.57. The predicted octanol–water partition coefficient (Wildman–Crippen LogP) is 2.30. The van der Waals surface area contributed by atoms with Gasteiger partial charge < -0.3 is 0 Å². The lowest BCUT2D eigenvalue weighted by Crippen LogP contribution is -2.17. The average Bonchev–Trinajstić information content (AvgIpc) is 3.10. The molecular weight excluding hydrogens is 298 g/mol.